The first-order chi connectivity index (χ1) is 9.48. The van der Waals surface area contributed by atoms with E-state index >= 15 is 0 Å². The average molecular weight is 278 g/mol. The topological polar surface area (TPSA) is 28.4 Å². The molecule has 1 unspecified atom stereocenters. The highest BCUT2D eigenvalue weighted by atomic mass is 16.3. The molecule has 1 aromatic rings. The van der Waals surface area contributed by atoms with Gasteiger partial charge in [-0.1, -0.05) is 13.8 Å². The molecule has 1 aliphatic carbocycles. The summed E-state index contributed by atoms with van der Waals surface area (Å²) in [6, 6.07) is 5.04. The highest BCUT2D eigenvalue weighted by Gasteiger charge is 2.28. The van der Waals surface area contributed by atoms with E-state index in [0.29, 0.717) is 11.5 Å². The Morgan fingerprint density at radius 3 is 2.70 bits per heavy atom. The molecule has 2 rings (SSSR count). The second-order valence-corrected chi connectivity index (χ2v) is 7.07. The lowest BCUT2D eigenvalue weighted by Gasteiger charge is -2.38. The first-order valence-corrected chi connectivity index (χ1v) is 7.95. The third-order valence-corrected chi connectivity index (χ3v) is 4.82. The van der Waals surface area contributed by atoms with Crippen molar-refractivity contribution in [3.8, 4) is 0 Å². The third kappa shape index (κ3) is 4.35. The summed E-state index contributed by atoms with van der Waals surface area (Å²) in [5.41, 5.74) is 0.559. The Hall–Kier alpha value is -0.800. The molecule has 114 valence electrons. The van der Waals surface area contributed by atoms with Crippen LogP contribution in [0.1, 0.15) is 58.3 Å². The predicted octanol–water partition coefficient (Wildman–Crippen LogP) is 3.83. The van der Waals surface area contributed by atoms with Gasteiger partial charge in [0.05, 0.1) is 12.3 Å². The number of hydrogen-bond acceptors (Lipinski definition) is 3. The smallest absolute Gasteiger partial charge is 0.120 e. The first-order valence-electron chi connectivity index (χ1n) is 7.95. The molecule has 0 spiro atoms. The van der Waals surface area contributed by atoms with Crippen LogP contribution >= 0.6 is 0 Å². The minimum Gasteiger partial charge on any atom is -0.468 e. The maximum absolute atomic E-state index is 5.42. The second kappa shape index (κ2) is 6.77. The van der Waals surface area contributed by atoms with E-state index in [1.807, 2.05) is 12.1 Å². The van der Waals surface area contributed by atoms with Gasteiger partial charge >= 0.3 is 0 Å². The molecule has 1 N–H and O–H groups in total. The van der Waals surface area contributed by atoms with Crippen molar-refractivity contribution in [3.63, 3.8) is 0 Å². The van der Waals surface area contributed by atoms with Crippen LogP contribution in [0, 0.1) is 5.41 Å². The Kier molecular flexibility index (Phi) is 5.28. The number of nitrogens with one attached hydrogen (secondary N) is 1. The van der Waals surface area contributed by atoms with Gasteiger partial charge in [-0.05, 0) is 57.2 Å². The molecule has 0 aromatic carbocycles. The lowest BCUT2D eigenvalue weighted by atomic mass is 9.75. The molecule has 0 radical (unpaired) electrons. The van der Waals surface area contributed by atoms with Gasteiger partial charge in [-0.25, -0.2) is 0 Å². The van der Waals surface area contributed by atoms with Crippen LogP contribution in [0.25, 0.3) is 0 Å². The van der Waals surface area contributed by atoms with Gasteiger partial charge in [0, 0.05) is 19.1 Å². The Morgan fingerprint density at radius 2 is 2.10 bits per heavy atom. The van der Waals surface area contributed by atoms with Crippen LogP contribution < -0.4 is 5.32 Å². The van der Waals surface area contributed by atoms with Crippen molar-refractivity contribution < 1.29 is 4.42 Å². The summed E-state index contributed by atoms with van der Waals surface area (Å²) in [7, 11) is 2.27. The van der Waals surface area contributed by atoms with Crippen molar-refractivity contribution in [1.29, 1.82) is 0 Å². The molecular formula is C17H30N2O. The van der Waals surface area contributed by atoms with Gasteiger partial charge in [-0.15, -0.1) is 0 Å². The molecule has 0 bridgehead atoms. The minimum absolute atomic E-state index is 0.295. The number of hydrogen-bond donors (Lipinski definition) is 1. The number of furan rings is 1. The second-order valence-electron chi connectivity index (χ2n) is 7.07. The molecule has 1 aromatic heterocycles. The van der Waals surface area contributed by atoms with Crippen LogP contribution in [0.5, 0.6) is 0 Å². The zero-order valence-corrected chi connectivity index (χ0v) is 13.5. The Balaban J connectivity index is 1.67. The SMILES string of the molecule is CC(NCCN(C)C1CCC(C)(C)CC1)c1ccco1. The maximum atomic E-state index is 5.42. The minimum atomic E-state index is 0.295. The summed E-state index contributed by atoms with van der Waals surface area (Å²) < 4.78 is 5.42. The number of likely N-dealkylation sites (N-methyl/N-ethyl adjacent to an activating group) is 1. The fourth-order valence-electron chi connectivity index (χ4n) is 3.10. The van der Waals surface area contributed by atoms with Crippen LogP contribution in [0.2, 0.25) is 0 Å². The van der Waals surface area contributed by atoms with Crippen LogP contribution in [0.3, 0.4) is 0 Å². The average Bonchev–Trinajstić information content (AvgIpc) is 2.92. The van der Waals surface area contributed by atoms with Crippen molar-refractivity contribution in [1.82, 2.24) is 10.2 Å². The molecule has 1 heterocycles. The highest BCUT2D eigenvalue weighted by molar-refractivity contribution is 5.02. The lowest BCUT2D eigenvalue weighted by molar-refractivity contribution is 0.127. The normalized spacial score (nSPS) is 21.2. The van der Waals surface area contributed by atoms with E-state index in [2.05, 4.69) is 38.0 Å². The van der Waals surface area contributed by atoms with Crippen molar-refractivity contribution in [2.75, 3.05) is 20.1 Å². The van der Waals surface area contributed by atoms with E-state index in [9.17, 15) is 0 Å². The van der Waals surface area contributed by atoms with E-state index in [0.717, 1.165) is 24.9 Å². The molecular weight excluding hydrogens is 248 g/mol. The maximum Gasteiger partial charge on any atom is 0.120 e. The van der Waals surface area contributed by atoms with E-state index in [1.54, 1.807) is 6.26 Å². The lowest BCUT2D eigenvalue weighted by Crippen LogP contribution is -2.40. The first kappa shape index (κ1) is 15.6. The van der Waals surface area contributed by atoms with E-state index < -0.39 is 0 Å². The van der Waals surface area contributed by atoms with Gasteiger partial charge in [-0.2, -0.15) is 0 Å². The standard InChI is InChI=1S/C17H30N2O/c1-14(16-6-5-13-20-16)18-11-12-19(4)15-7-9-17(2,3)10-8-15/h5-6,13-15,18H,7-12H2,1-4H3. The van der Waals surface area contributed by atoms with Gasteiger partial charge in [0.2, 0.25) is 0 Å². The summed E-state index contributed by atoms with van der Waals surface area (Å²) in [6.45, 7) is 9.07. The molecule has 1 aliphatic rings. The van der Waals surface area contributed by atoms with Crippen LogP contribution in [0.4, 0.5) is 0 Å². The molecule has 0 aliphatic heterocycles. The summed E-state index contributed by atoms with van der Waals surface area (Å²) in [5, 5.41) is 3.54. The molecule has 0 saturated heterocycles. The molecule has 1 fully saturated rings. The molecule has 1 saturated carbocycles. The monoisotopic (exact) mass is 278 g/mol. The Morgan fingerprint density at radius 1 is 1.40 bits per heavy atom. The van der Waals surface area contributed by atoms with Crippen LogP contribution in [-0.2, 0) is 0 Å². The van der Waals surface area contributed by atoms with Crippen LogP contribution in [-0.4, -0.2) is 31.1 Å². The molecule has 1 atom stereocenters. The number of rotatable bonds is 6. The highest BCUT2D eigenvalue weighted by Crippen LogP contribution is 2.36. The van der Waals surface area contributed by atoms with Crippen molar-refractivity contribution in [2.24, 2.45) is 5.41 Å². The fourth-order valence-corrected chi connectivity index (χ4v) is 3.10. The van der Waals surface area contributed by atoms with Gasteiger partial charge in [-0.3, -0.25) is 0 Å². The zero-order chi connectivity index (χ0) is 14.6. The molecule has 20 heavy (non-hydrogen) atoms. The van der Waals surface area contributed by atoms with E-state index in [-0.39, 0.29) is 0 Å². The summed E-state index contributed by atoms with van der Waals surface area (Å²) in [6.07, 6.45) is 7.15. The van der Waals surface area contributed by atoms with E-state index in [4.69, 9.17) is 4.42 Å². The van der Waals surface area contributed by atoms with Gasteiger partial charge in [0.25, 0.3) is 0 Å². The molecule has 3 nitrogen and oxygen atoms in total. The largest absolute Gasteiger partial charge is 0.468 e. The van der Waals surface area contributed by atoms with E-state index in [1.165, 1.54) is 25.7 Å². The van der Waals surface area contributed by atoms with Crippen molar-refractivity contribution >= 4 is 0 Å². The summed E-state index contributed by atoms with van der Waals surface area (Å²) in [4.78, 5) is 2.52. The van der Waals surface area contributed by atoms with Gasteiger partial charge in [0.1, 0.15) is 5.76 Å². The molecule has 3 heteroatoms. The zero-order valence-electron chi connectivity index (χ0n) is 13.5. The van der Waals surface area contributed by atoms with Crippen molar-refractivity contribution in [3.05, 3.63) is 24.2 Å². The van der Waals surface area contributed by atoms with Crippen molar-refractivity contribution in [2.45, 2.75) is 58.5 Å². The fraction of sp³-hybridized carbons (Fsp3) is 0.765. The van der Waals surface area contributed by atoms with Gasteiger partial charge < -0.3 is 14.6 Å². The summed E-state index contributed by atoms with van der Waals surface area (Å²) in [5.74, 6) is 1.02. The predicted molar refractivity (Wildman–Crippen MR) is 83.8 cm³/mol. The molecule has 0 amide bonds. The Labute approximate surface area is 123 Å². The third-order valence-electron chi connectivity index (χ3n) is 4.82. The van der Waals surface area contributed by atoms with Gasteiger partial charge in [0.15, 0.2) is 0 Å². The Bertz CT molecular complexity index is 376. The quantitative estimate of drug-likeness (QED) is 0.857. The number of nitrogens with zero attached hydrogens (tertiary/aromatic N) is 1. The van der Waals surface area contributed by atoms with Crippen LogP contribution in [0.15, 0.2) is 22.8 Å². The summed E-state index contributed by atoms with van der Waals surface area (Å²) >= 11 is 0.